The van der Waals surface area contributed by atoms with Gasteiger partial charge in [0.25, 0.3) is 0 Å². The third kappa shape index (κ3) is 3.74. The van der Waals surface area contributed by atoms with E-state index in [2.05, 4.69) is 30.9 Å². The minimum Gasteiger partial charge on any atom is -0.496 e. The molecular formula is C17H28N2O. The van der Waals surface area contributed by atoms with E-state index in [1.54, 1.807) is 7.11 Å². The minimum atomic E-state index is 0.275. The molecule has 0 bridgehead atoms. The molecule has 1 aliphatic carbocycles. The number of methoxy groups -OCH3 is 1. The van der Waals surface area contributed by atoms with Gasteiger partial charge in [-0.1, -0.05) is 32.0 Å². The van der Waals surface area contributed by atoms with Crippen LogP contribution in [0, 0.1) is 5.92 Å². The van der Waals surface area contributed by atoms with Crippen LogP contribution < -0.4 is 10.5 Å². The Morgan fingerprint density at radius 1 is 1.30 bits per heavy atom. The first-order valence-corrected chi connectivity index (χ1v) is 7.76. The molecule has 112 valence electrons. The van der Waals surface area contributed by atoms with E-state index in [0.29, 0.717) is 12.6 Å². The van der Waals surface area contributed by atoms with Gasteiger partial charge in [0.1, 0.15) is 5.75 Å². The van der Waals surface area contributed by atoms with Crippen LogP contribution >= 0.6 is 0 Å². The highest BCUT2D eigenvalue weighted by atomic mass is 16.5. The Balaban J connectivity index is 2.18. The fraction of sp³-hybridized carbons (Fsp3) is 0.647. The van der Waals surface area contributed by atoms with Gasteiger partial charge in [-0.2, -0.15) is 0 Å². The highest BCUT2D eigenvalue weighted by Gasteiger charge is 2.34. The number of para-hydroxylation sites is 1. The van der Waals surface area contributed by atoms with Crippen molar-refractivity contribution >= 4 is 0 Å². The van der Waals surface area contributed by atoms with E-state index in [4.69, 9.17) is 10.5 Å². The average Bonchev–Trinajstić information content (AvgIpc) is 3.27. The van der Waals surface area contributed by atoms with Crippen molar-refractivity contribution in [2.75, 3.05) is 20.2 Å². The monoisotopic (exact) mass is 276 g/mol. The van der Waals surface area contributed by atoms with Gasteiger partial charge in [-0.25, -0.2) is 0 Å². The zero-order valence-corrected chi connectivity index (χ0v) is 13.0. The molecule has 0 radical (unpaired) electrons. The molecule has 0 aromatic heterocycles. The summed E-state index contributed by atoms with van der Waals surface area (Å²) in [6.45, 7) is 6.34. The molecule has 2 N–H and O–H groups in total. The summed E-state index contributed by atoms with van der Waals surface area (Å²) in [6.07, 6.45) is 3.84. The van der Waals surface area contributed by atoms with Crippen molar-refractivity contribution in [3.05, 3.63) is 29.8 Å². The highest BCUT2D eigenvalue weighted by molar-refractivity contribution is 5.36. The Morgan fingerprint density at radius 3 is 2.55 bits per heavy atom. The van der Waals surface area contributed by atoms with Crippen LogP contribution in [0.25, 0.3) is 0 Å². The van der Waals surface area contributed by atoms with Gasteiger partial charge >= 0.3 is 0 Å². The first-order chi connectivity index (χ1) is 9.67. The number of ether oxygens (including phenoxy) is 1. The molecule has 0 spiro atoms. The second-order valence-corrected chi connectivity index (χ2v) is 6.14. The molecule has 0 aliphatic heterocycles. The summed E-state index contributed by atoms with van der Waals surface area (Å²) >= 11 is 0. The summed E-state index contributed by atoms with van der Waals surface area (Å²) < 4.78 is 5.52. The van der Waals surface area contributed by atoms with Gasteiger partial charge in [0.15, 0.2) is 0 Å². The second kappa shape index (κ2) is 7.09. The van der Waals surface area contributed by atoms with E-state index >= 15 is 0 Å². The Kier molecular flexibility index (Phi) is 5.44. The average molecular weight is 276 g/mol. The Labute approximate surface area is 123 Å². The number of rotatable bonds is 8. The number of nitrogens with zero attached hydrogens (tertiary/aromatic N) is 1. The normalized spacial score (nSPS) is 16.7. The Hall–Kier alpha value is -1.06. The van der Waals surface area contributed by atoms with Crippen molar-refractivity contribution in [2.45, 2.75) is 45.2 Å². The fourth-order valence-corrected chi connectivity index (χ4v) is 2.79. The lowest BCUT2D eigenvalue weighted by atomic mass is 10.0. The van der Waals surface area contributed by atoms with E-state index < -0.39 is 0 Å². The van der Waals surface area contributed by atoms with Crippen molar-refractivity contribution in [3.8, 4) is 5.75 Å². The molecule has 1 aliphatic rings. The lowest BCUT2D eigenvalue weighted by Gasteiger charge is -2.32. The van der Waals surface area contributed by atoms with Gasteiger partial charge in [-0.15, -0.1) is 0 Å². The molecular weight excluding hydrogens is 248 g/mol. The van der Waals surface area contributed by atoms with Crippen molar-refractivity contribution in [1.82, 2.24) is 4.90 Å². The zero-order chi connectivity index (χ0) is 14.5. The molecule has 0 heterocycles. The zero-order valence-electron chi connectivity index (χ0n) is 13.0. The standard InChI is InChI=1S/C17H28N2O/c1-13(2)10-11-19(14-8-9-14)16(12-18)15-6-4-5-7-17(15)20-3/h4-7,13-14,16H,8-12,18H2,1-3H3. The SMILES string of the molecule is COc1ccccc1C(CN)N(CCC(C)C)C1CC1. The molecule has 3 heteroatoms. The molecule has 1 saturated carbocycles. The maximum atomic E-state index is 6.10. The van der Waals surface area contributed by atoms with E-state index in [-0.39, 0.29) is 6.04 Å². The van der Waals surface area contributed by atoms with Crippen LogP contribution in [0.15, 0.2) is 24.3 Å². The van der Waals surface area contributed by atoms with E-state index in [0.717, 1.165) is 18.2 Å². The fourth-order valence-electron chi connectivity index (χ4n) is 2.79. The van der Waals surface area contributed by atoms with Crippen LogP contribution in [0.2, 0.25) is 0 Å². The first-order valence-electron chi connectivity index (χ1n) is 7.76. The molecule has 1 atom stereocenters. The Morgan fingerprint density at radius 2 is 2.00 bits per heavy atom. The number of hydrogen-bond donors (Lipinski definition) is 1. The lowest BCUT2D eigenvalue weighted by molar-refractivity contribution is 0.177. The summed E-state index contributed by atoms with van der Waals surface area (Å²) in [5, 5.41) is 0. The molecule has 1 unspecified atom stereocenters. The lowest BCUT2D eigenvalue weighted by Crippen LogP contribution is -2.37. The van der Waals surface area contributed by atoms with Gasteiger partial charge in [0.2, 0.25) is 0 Å². The van der Waals surface area contributed by atoms with Crippen LogP contribution in [0.4, 0.5) is 0 Å². The Bertz CT molecular complexity index is 415. The van der Waals surface area contributed by atoms with Crippen LogP contribution in [0.3, 0.4) is 0 Å². The number of hydrogen-bond acceptors (Lipinski definition) is 3. The van der Waals surface area contributed by atoms with Gasteiger partial charge in [-0.3, -0.25) is 4.90 Å². The van der Waals surface area contributed by atoms with Gasteiger partial charge in [0, 0.05) is 18.2 Å². The smallest absolute Gasteiger partial charge is 0.123 e. The number of benzene rings is 1. The maximum absolute atomic E-state index is 6.10. The summed E-state index contributed by atoms with van der Waals surface area (Å²) in [6, 6.07) is 9.27. The molecule has 0 amide bonds. The van der Waals surface area contributed by atoms with Crippen molar-refractivity contribution in [1.29, 1.82) is 0 Å². The highest BCUT2D eigenvalue weighted by Crippen LogP contribution is 2.37. The molecule has 1 aromatic rings. The van der Waals surface area contributed by atoms with E-state index in [1.165, 1.54) is 24.8 Å². The number of nitrogens with two attached hydrogens (primary N) is 1. The van der Waals surface area contributed by atoms with E-state index in [1.807, 2.05) is 12.1 Å². The van der Waals surface area contributed by atoms with Gasteiger partial charge in [0.05, 0.1) is 13.2 Å². The largest absolute Gasteiger partial charge is 0.496 e. The van der Waals surface area contributed by atoms with E-state index in [9.17, 15) is 0 Å². The van der Waals surface area contributed by atoms with Crippen molar-refractivity contribution < 1.29 is 4.74 Å². The summed E-state index contributed by atoms with van der Waals surface area (Å²) in [7, 11) is 1.74. The van der Waals surface area contributed by atoms with Crippen LogP contribution in [0.5, 0.6) is 5.75 Å². The van der Waals surface area contributed by atoms with Gasteiger partial charge in [-0.05, 0) is 37.8 Å². The third-order valence-electron chi connectivity index (χ3n) is 4.10. The molecule has 20 heavy (non-hydrogen) atoms. The first kappa shape index (κ1) is 15.3. The van der Waals surface area contributed by atoms with Gasteiger partial charge < -0.3 is 10.5 Å². The predicted molar refractivity (Wildman–Crippen MR) is 84.0 cm³/mol. The molecule has 1 aromatic carbocycles. The summed E-state index contributed by atoms with van der Waals surface area (Å²) in [5.41, 5.74) is 7.33. The molecule has 2 rings (SSSR count). The summed E-state index contributed by atoms with van der Waals surface area (Å²) in [4.78, 5) is 2.60. The van der Waals surface area contributed by atoms with Crippen molar-refractivity contribution in [2.24, 2.45) is 11.7 Å². The molecule has 3 nitrogen and oxygen atoms in total. The van der Waals surface area contributed by atoms with Crippen LogP contribution in [-0.4, -0.2) is 31.1 Å². The maximum Gasteiger partial charge on any atom is 0.123 e. The summed E-state index contributed by atoms with van der Waals surface area (Å²) in [5.74, 6) is 1.69. The second-order valence-electron chi connectivity index (χ2n) is 6.14. The molecule has 1 fully saturated rings. The third-order valence-corrected chi connectivity index (χ3v) is 4.10. The predicted octanol–water partition coefficient (Wildman–Crippen LogP) is 3.21. The molecule has 0 saturated heterocycles. The topological polar surface area (TPSA) is 38.5 Å². The van der Waals surface area contributed by atoms with Crippen LogP contribution in [0.1, 0.15) is 44.7 Å². The van der Waals surface area contributed by atoms with Crippen LogP contribution in [-0.2, 0) is 0 Å². The minimum absolute atomic E-state index is 0.275. The quantitative estimate of drug-likeness (QED) is 0.792. The van der Waals surface area contributed by atoms with Crippen molar-refractivity contribution in [3.63, 3.8) is 0 Å².